The molecule has 0 aliphatic carbocycles. The number of ether oxygens (including phenoxy) is 1. The van der Waals surface area contributed by atoms with Gasteiger partial charge < -0.3 is 15.0 Å². The first kappa shape index (κ1) is 21.4. The maximum atomic E-state index is 12.6. The van der Waals surface area contributed by atoms with Gasteiger partial charge in [0, 0.05) is 31.1 Å². The highest BCUT2D eigenvalue weighted by Crippen LogP contribution is 2.32. The lowest BCUT2D eigenvalue weighted by atomic mass is 10.0. The van der Waals surface area contributed by atoms with Crippen LogP contribution in [0.3, 0.4) is 0 Å². The smallest absolute Gasteiger partial charge is 0.409 e. The quantitative estimate of drug-likeness (QED) is 0.758. The van der Waals surface area contributed by atoms with E-state index in [-0.39, 0.29) is 40.6 Å². The number of sulfonamides is 1. The number of piperidine rings is 1. The summed E-state index contributed by atoms with van der Waals surface area (Å²) in [6, 6.07) is 4.05. The molecule has 29 heavy (non-hydrogen) atoms. The van der Waals surface area contributed by atoms with Crippen molar-refractivity contribution in [2.45, 2.75) is 32.2 Å². The van der Waals surface area contributed by atoms with Gasteiger partial charge in [-0.15, -0.1) is 0 Å². The van der Waals surface area contributed by atoms with Gasteiger partial charge in [0.1, 0.15) is 0 Å². The van der Waals surface area contributed by atoms with E-state index < -0.39 is 21.8 Å². The van der Waals surface area contributed by atoms with Crippen molar-refractivity contribution < 1.29 is 27.5 Å². The number of carbonyl (C=O) groups is 3. The molecular weight excluding hydrogens is 422 g/mol. The number of anilines is 1. The monoisotopic (exact) mass is 443 g/mol. The zero-order chi connectivity index (χ0) is 21.2. The summed E-state index contributed by atoms with van der Waals surface area (Å²) in [4.78, 5) is 38.0. The topological polar surface area (TPSA) is 113 Å². The minimum atomic E-state index is -3.78. The van der Waals surface area contributed by atoms with Crippen molar-refractivity contribution >= 4 is 45.2 Å². The van der Waals surface area contributed by atoms with E-state index in [4.69, 9.17) is 16.3 Å². The van der Waals surface area contributed by atoms with Gasteiger partial charge in [-0.25, -0.2) is 17.5 Å². The lowest BCUT2D eigenvalue weighted by molar-refractivity contribution is -0.116. The molecule has 2 heterocycles. The Morgan fingerprint density at radius 2 is 1.97 bits per heavy atom. The normalized spacial score (nSPS) is 19.3. The number of hydrogen-bond donors (Lipinski definition) is 1. The molecule has 11 heteroatoms. The van der Waals surface area contributed by atoms with Crippen LogP contribution in [0, 0.1) is 0 Å². The van der Waals surface area contributed by atoms with Gasteiger partial charge in [-0.1, -0.05) is 11.6 Å². The molecule has 1 aromatic carbocycles. The molecule has 3 amide bonds. The van der Waals surface area contributed by atoms with Crippen LogP contribution in [0.2, 0.25) is 5.02 Å². The number of amides is 3. The Hall–Kier alpha value is -2.33. The molecule has 9 nitrogen and oxygen atoms in total. The summed E-state index contributed by atoms with van der Waals surface area (Å²) in [7, 11) is -3.78. The summed E-state index contributed by atoms with van der Waals surface area (Å²) < 4.78 is 30.0. The van der Waals surface area contributed by atoms with E-state index >= 15 is 0 Å². The largest absolute Gasteiger partial charge is 0.450 e. The molecule has 0 unspecified atom stereocenters. The van der Waals surface area contributed by atoms with Crippen molar-refractivity contribution in [1.82, 2.24) is 10.2 Å². The van der Waals surface area contributed by atoms with Gasteiger partial charge in [-0.3, -0.25) is 9.59 Å². The van der Waals surface area contributed by atoms with Crippen molar-refractivity contribution in [3.8, 4) is 0 Å². The van der Waals surface area contributed by atoms with Gasteiger partial charge in [0.2, 0.25) is 15.9 Å². The van der Waals surface area contributed by atoms with Crippen molar-refractivity contribution in [3.05, 3.63) is 28.8 Å². The summed E-state index contributed by atoms with van der Waals surface area (Å²) in [6.07, 6.45) is 0.665. The van der Waals surface area contributed by atoms with E-state index in [0.29, 0.717) is 36.8 Å². The van der Waals surface area contributed by atoms with Crippen molar-refractivity contribution in [2.75, 3.05) is 29.8 Å². The fourth-order valence-corrected chi connectivity index (χ4v) is 5.07. The maximum absolute atomic E-state index is 12.6. The van der Waals surface area contributed by atoms with Crippen LogP contribution < -0.4 is 9.62 Å². The molecular formula is C18H22ClN3O6S. The predicted octanol–water partition coefficient (Wildman–Crippen LogP) is 1.76. The Morgan fingerprint density at radius 3 is 2.55 bits per heavy atom. The molecule has 0 bridgehead atoms. The lowest BCUT2D eigenvalue weighted by Gasteiger charge is -2.31. The average molecular weight is 444 g/mol. The summed E-state index contributed by atoms with van der Waals surface area (Å²) in [5.41, 5.74) is 0.186. The zero-order valence-electron chi connectivity index (χ0n) is 15.9. The van der Waals surface area contributed by atoms with Gasteiger partial charge >= 0.3 is 6.09 Å². The molecule has 0 saturated carbocycles. The Kier molecular flexibility index (Phi) is 6.33. The molecule has 0 atom stereocenters. The fourth-order valence-electron chi connectivity index (χ4n) is 3.35. The predicted molar refractivity (Wildman–Crippen MR) is 106 cm³/mol. The molecule has 0 radical (unpaired) electrons. The van der Waals surface area contributed by atoms with Crippen LogP contribution in [0.15, 0.2) is 18.2 Å². The molecule has 0 spiro atoms. The third kappa shape index (κ3) is 4.64. The van der Waals surface area contributed by atoms with E-state index in [1.807, 2.05) is 0 Å². The lowest BCUT2D eigenvalue weighted by Crippen LogP contribution is -2.46. The zero-order valence-corrected chi connectivity index (χ0v) is 17.5. The van der Waals surface area contributed by atoms with Crippen LogP contribution in [-0.4, -0.2) is 62.7 Å². The average Bonchev–Trinajstić information content (AvgIpc) is 2.95. The standard InChI is InChI=1S/C18H22ClN3O6S/c1-2-28-18(25)21-8-5-13(6-9-21)20-17(24)12-3-4-14(19)15(11-12)22-16(23)7-10-29(22,26)27/h3-4,11,13H,2,5-10H2,1H3,(H,20,24). The fraction of sp³-hybridized carbons (Fsp3) is 0.500. The second-order valence-electron chi connectivity index (χ2n) is 6.82. The Balaban J connectivity index is 1.68. The maximum Gasteiger partial charge on any atom is 0.409 e. The summed E-state index contributed by atoms with van der Waals surface area (Å²) in [6.45, 7) is 2.99. The second kappa shape index (κ2) is 8.58. The Labute approximate surface area is 174 Å². The van der Waals surface area contributed by atoms with Gasteiger partial charge in [-0.05, 0) is 38.0 Å². The molecule has 2 aliphatic rings. The van der Waals surface area contributed by atoms with Crippen molar-refractivity contribution in [2.24, 2.45) is 0 Å². The molecule has 158 valence electrons. The number of halogens is 1. The van der Waals surface area contributed by atoms with E-state index in [1.165, 1.54) is 18.2 Å². The summed E-state index contributed by atoms with van der Waals surface area (Å²) >= 11 is 6.10. The molecule has 2 aliphatic heterocycles. The first-order valence-corrected chi connectivity index (χ1v) is 11.3. The summed E-state index contributed by atoms with van der Waals surface area (Å²) in [5.74, 6) is -1.25. The first-order chi connectivity index (χ1) is 13.7. The van der Waals surface area contributed by atoms with Crippen LogP contribution in [0.5, 0.6) is 0 Å². The number of benzene rings is 1. The third-order valence-electron chi connectivity index (χ3n) is 4.86. The summed E-state index contributed by atoms with van der Waals surface area (Å²) in [5, 5.41) is 2.95. The molecule has 3 rings (SSSR count). The highest BCUT2D eigenvalue weighted by molar-refractivity contribution is 7.94. The Bertz CT molecular complexity index is 928. The number of carbonyl (C=O) groups excluding carboxylic acids is 3. The van der Waals surface area contributed by atoms with E-state index in [0.717, 1.165) is 0 Å². The van der Waals surface area contributed by atoms with E-state index in [9.17, 15) is 22.8 Å². The third-order valence-corrected chi connectivity index (χ3v) is 6.86. The van der Waals surface area contributed by atoms with Gasteiger partial charge in [0.15, 0.2) is 0 Å². The highest BCUT2D eigenvalue weighted by Gasteiger charge is 2.37. The van der Waals surface area contributed by atoms with Crippen molar-refractivity contribution in [3.63, 3.8) is 0 Å². The van der Waals surface area contributed by atoms with Crippen LogP contribution >= 0.6 is 11.6 Å². The van der Waals surface area contributed by atoms with Gasteiger partial charge in [0.05, 0.1) is 23.1 Å². The highest BCUT2D eigenvalue weighted by atomic mass is 35.5. The Morgan fingerprint density at radius 1 is 1.28 bits per heavy atom. The van der Waals surface area contributed by atoms with Gasteiger partial charge in [-0.2, -0.15) is 0 Å². The molecule has 0 aromatic heterocycles. The van der Waals surface area contributed by atoms with Gasteiger partial charge in [0.25, 0.3) is 5.91 Å². The van der Waals surface area contributed by atoms with E-state index in [1.54, 1.807) is 11.8 Å². The molecule has 2 fully saturated rings. The first-order valence-electron chi connectivity index (χ1n) is 9.31. The number of hydrogen-bond acceptors (Lipinski definition) is 6. The molecule has 1 aromatic rings. The van der Waals surface area contributed by atoms with Crippen LogP contribution in [-0.2, 0) is 19.6 Å². The van der Waals surface area contributed by atoms with Crippen LogP contribution in [0.4, 0.5) is 10.5 Å². The molecule has 2 saturated heterocycles. The number of nitrogens with zero attached hydrogens (tertiary/aromatic N) is 2. The second-order valence-corrected chi connectivity index (χ2v) is 9.17. The van der Waals surface area contributed by atoms with Crippen LogP contribution in [0.25, 0.3) is 0 Å². The minimum Gasteiger partial charge on any atom is -0.450 e. The number of nitrogens with one attached hydrogen (secondary N) is 1. The van der Waals surface area contributed by atoms with Crippen LogP contribution in [0.1, 0.15) is 36.5 Å². The SMILES string of the molecule is CCOC(=O)N1CCC(NC(=O)c2ccc(Cl)c(N3C(=O)CCS3(=O)=O)c2)CC1. The molecule has 1 N–H and O–H groups in total. The minimum absolute atomic E-state index is 0.0149. The number of rotatable bonds is 4. The van der Waals surface area contributed by atoms with Crippen molar-refractivity contribution in [1.29, 1.82) is 0 Å². The van der Waals surface area contributed by atoms with E-state index in [2.05, 4.69) is 5.32 Å². The number of likely N-dealkylation sites (tertiary alicyclic amines) is 1.